The predicted molar refractivity (Wildman–Crippen MR) is 95.6 cm³/mol. The van der Waals surface area contributed by atoms with Gasteiger partial charge >= 0.3 is 12.2 Å². The molecule has 2 amide bonds. The molecule has 0 fully saturated rings. The summed E-state index contributed by atoms with van der Waals surface area (Å²) < 4.78 is 40.6. The average molecular weight is 398 g/mol. The molecule has 3 aromatic rings. The fourth-order valence-corrected chi connectivity index (χ4v) is 2.74. The highest BCUT2D eigenvalue weighted by Gasteiger charge is 2.37. The summed E-state index contributed by atoms with van der Waals surface area (Å²) >= 11 is 5.95. The van der Waals surface area contributed by atoms with Crippen molar-refractivity contribution in [1.82, 2.24) is 19.9 Å². The van der Waals surface area contributed by atoms with Crippen molar-refractivity contribution in [3.63, 3.8) is 0 Å². The summed E-state index contributed by atoms with van der Waals surface area (Å²) in [6, 6.07) is 9.23. The molecule has 0 saturated carbocycles. The Labute approximate surface area is 157 Å². The van der Waals surface area contributed by atoms with Crippen LogP contribution in [0.25, 0.3) is 11.2 Å². The quantitative estimate of drug-likeness (QED) is 0.630. The van der Waals surface area contributed by atoms with Crippen LogP contribution in [0.3, 0.4) is 0 Å². The van der Waals surface area contributed by atoms with E-state index in [4.69, 9.17) is 11.6 Å². The molecule has 2 aromatic heterocycles. The molecule has 3 rings (SSSR count). The Hall–Kier alpha value is -2.81. The Morgan fingerprint density at radius 1 is 1.19 bits per heavy atom. The zero-order chi connectivity index (χ0) is 19.4. The molecule has 142 valence electrons. The molecule has 6 nitrogen and oxygen atoms in total. The minimum absolute atomic E-state index is 0.00866. The van der Waals surface area contributed by atoms with Gasteiger partial charge in [0.25, 0.3) is 0 Å². The van der Waals surface area contributed by atoms with Crippen LogP contribution in [0, 0.1) is 0 Å². The van der Waals surface area contributed by atoms with E-state index < -0.39 is 18.0 Å². The number of alkyl halides is 3. The largest absolute Gasteiger partial charge is 0.449 e. The van der Waals surface area contributed by atoms with Gasteiger partial charge in [0.1, 0.15) is 5.52 Å². The van der Waals surface area contributed by atoms with Crippen molar-refractivity contribution in [3.8, 4) is 0 Å². The van der Waals surface area contributed by atoms with Crippen molar-refractivity contribution in [2.24, 2.45) is 0 Å². The maximum Gasteiger partial charge on any atom is 0.449 e. The summed E-state index contributed by atoms with van der Waals surface area (Å²) in [5.74, 6) is -1.00. The number of pyridine rings is 1. The summed E-state index contributed by atoms with van der Waals surface area (Å²) in [4.78, 5) is 19.5. The van der Waals surface area contributed by atoms with Crippen molar-refractivity contribution in [3.05, 3.63) is 53.4 Å². The molecule has 0 aliphatic rings. The molecule has 0 aliphatic heterocycles. The fraction of sp³-hybridized carbons (Fsp3) is 0.235. The van der Waals surface area contributed by atoms with E-state index in [1.165, 1.54) is 18.3 Å². The first-order chi connectivity index (χ1) is 12.9. The molecule has 0 radical (unpaired) electrons. The van der Waals surface area contributed by atoms with Crippen LogP contribution < -0.4 is 10.6 Å². The Bertz CT molecular complexity index is 957. The number of para-hydroxylation sites is 1. The number of rotatable bonds is 5. The summed E-state index contributed by atoms with van der Waals surface area (Å²) in [5, 5.41) is 5.55. The molecule has 0 saturated heterocycles. The number of carbonyl (C=O) groups is 1. The molecule has 0 atom stereocenters. The van der Waals surface area contributed by atoms with Crippen LogP contribution in [-0.4, -0.2) is 27.1 Å². The maximum atomic E-state index is 13.2. The monoisotopic (exact) mass is 397 g/mol. The standard InChI is InChI=1S/C17H15ClF3N5O/c18-11-5-1-2-6-12(11)25-16(27)23-9-4-10-26-14-13(7-3-8-22-14)24-15(26)17(19,20)21/h1-3,5-8H,4,9-10H2,(H2,23,25,27). The van der Waals surface area contributed by atoms with Crippen molar-refractivity contribution in [2.75, 3.05) is 11.9 Å². The highest BCUT2D eigenvalue weighted by molar-refractivity contribution is 6.33. The minimum Gasteiger partial charge on any atom is -0.338 e. The van der Waals surface area contributed by atoms with Crippen LogP contribution in [0.2, 0.25) is 5.02 Å². The molecular weight excluding hydrogens is 383 g/mol. The fourth-order valence-electron chi connectivity index (χ4n) is 2.55. The lowest BCUT2D eigenvalue weighted by atomic mass is 10.3. The molecule has 0 unspecified atom stereocenters. The second kappa shape index (κ2) is 7.83. The first-order valence-corrected chi connectivity index (χ1v) is 8.42. The van der Waals surface area contributed by atoms with Crippen LogP contribution in [-0.2, 0) is 12.7 Å². The van der Waals surface area contributed by atoms with E-state index in [0.717, 1.165) is 4.57 Å². The zero-order valence-corrected chi connectivity index (χ0v) is 14.7. The van der Waals surface area contributed by atoms with Gasteiger partial charge in [0.15, 0.2) is 5.65 Å². The number of fused-ring (bicyclic) bond motifs is 1. The van der Waals surface area contributed by atoms with E-state index in [-0.39, 0.29) is 30.7 Å². The number of carbonyl (C=O) groups excluding carboxylic acids is 1. The highest BCUT2D eigenvalue weighted by atomic mass is 35.5. The van der Waals surface area contributed by atoms with E-state index in [1.807, 2.05) is 0 Å². The number of hydrogen-bond acceptors (Lipinski definition) is 3. The number of aryl methyl sites for hydroxylation is 1. The second-order valence-electron chi connectivity index (χ2n) is 5.65. The van der Waals surface area contributed by atoms with Gasteiger partial charge in [0, 0.05) is 19.3 Å². The lowest BCUT2D eigenvalue weighted by Gasteiger charge is -2.12. The Kier molecular flexibility index (Phi) is 5.50. The van der Waals surface area contributed by atoms with Gasteiger partial charge in [-0.15, -0.1) is 0 Å². The van der Waals surface area contributed by atoms with Crippen LogP contribution in [0.15, 0.2) is 42.6 Å². The van der Waals surface area contributed by atoms with E-state index in [2.05, 4.69) is 20.6 Å². The Morgan fingerprint density at radius 3 is 2.70 bits per heavy atom. The molecule has 0 spiro atoms. The molecular formula is C17H15ClF3N5O. The number of amides is 2. The summed E-state index contributed by atoms with van der Waals surface area (Å²) in [5.41, 5.74) is 0.778. The molecule has 1 aromatic carbocycles. The van der Waals surface area contributed by atoms with Gasteiger partial charge in [-0.25, -0.2) is 14.8 Å². The molecule has 2 N–H and O–H groups in total. The predicted octanol–water partition coefficient (Wildman–Crippen LogP) is 4.32. The SMILES string of the molecule is O=C(NCCCn1c(C(F)(F)F)nc2cccnc21)Nc1ccccc1Cl. The van der Waals surface area contributed by atoms with E-state index in [0.29, 0.717) is 10.7 Å². The molecule has 2 heterocycles. The zero-order valence-electron chi connectivity index (χ0n) is 13.9. The number of aromatic nitrogens is 3. The third-order valence-electron chi connectivity index (χ3n) is 3.72. The number of urea groups is 1. The maximum absolute atomic E-state index is 13.2. The van der Waals surface area contributed by atoms with Crippen LogP contribution >= 0.6 is 11.6 Å². The smallest absolute Gasteiger partial charge is 0.338 e. The van der Waals surface area contributed by atoms with Crippen molar-refractivity contribution in [2.45, 2.75) is 19.1 Å². The first-order valence-electron chi connectivity index (χ1n) is 8.04. The van der Waals surface area contributed by atoms with Gasteiger partial charge in [0.2, 0.25) is 5.82 Å². The topological polar surface area (TPSA) is 71.8 Å². The second-order valence-corrected chi connectivity index (χ2v) is 6.05. The Balaban J connectivity index is 1.61. The van der Waals surface area contributed by atoms with Crippen molar-refractivity contribution < 1.29 is 18.0 Å². The van der Waals surface area contributed by atoms with E-state index >= 15 is 0 Å². The molecule has 10 heteroatoms. The molecule has 0 aliphatic carbocycles. The summed E-state index contributed by atoms with van der Waals surface area (Å²) in [6.45, 7) is 0.175. The van der Waals surface area contributed by atoms with Crippen LogP contribution in [0.1, 0.15) is 12.2 Å². The van der Waals surface area contributed by atoms with Gasteiger partial charge in [-0.1, -0.05) is 23.7 Å². The van der Waals surface area contributed by atoms with Gasteiger partial charge in [-0.05, 0) is 30.7 Å². The normalized spacial score (nSPS) is 11.6. The number of nitrogens with zero attached hydrogens (tertiary/aromatic N) is 3. The number of nitrogens with one attached hydrogen (secondary N) is 2. The van der Waals surface area contributed by atoms with E-state index in [9.17, 15) is 18.0 Å². The van der Waals surface area contributed by atoms with Crippen LogP contribution in [0.5, 0.6) is 0 Å². The molecule has 0 bridgehead atoms. The number of imidazole rings is 1. The van der Waals surface area contributed by atoms with Crippen molar-refractivity contribution in [1.29, 1.82) is 0 Å². The van der Waals surface area contributed by atoms with Gasteiger partial charge in [-0.3, -0.25) is 0 Å². The number of benzene rings is 1. The average Bonchev–Trinajstić information content (AvgIpc) is 3.00. The lowest BCUT2D eigenvalue weighted by molar-refractivity contribution is -0.147. The number of halogens is 4. The van der Waals surface area contributed by atoms with Gasteiger partial charge in [0.05, 0.1) is 10.7 Å². The Morgan fingerprint density at radius 2 is 1.96 bits per heavy atom. The third-order valence-corrected chi connectivity index (χ3v) is 4.05. The van der Waals surface area contributed by atoms with Gasteiger partial charge < -0.3 is 15.2 Å². The summed E-state index contributed by atoms with van der Waals surface area (Å²) in [6.07, 6.45) is -2.91. The third kappa shape index (κ3) is 4.48. The molecule has 27 heavy (non-hydrogen) atoms. The number of hydrogen-bond donors (Lipinski definition) is 2. The van der Waals surface area contributed by atoms with Gasteiger partial charge in [-0.2, -0.15) is 13.2 Å². The lowest BCUT2D eigenvalue weighted by Crippen LogP contribution is -2.30. The summed E-state index contributed by atoms with van der Waals surface area (Å²) in [7, 11) is 0. The first kappa shape index (κ1) is 19.0. The van der Waals surface area contributed by atoms with Crippen LogP contribution in [0.4, 0.5) is 23.7 Å². The van der Waals surface area contributed by atoms with Crippen molar-refractivity contribution >= 4 is 34.5 Å². The number of anilines is 1. The highest BCUT2D eigenvalue weighted by Crippen LogP contribution is 2.30. The minimum atomic E-state index is -4.59. The van der Waals surface area contributed by atoms with E-state index in [1.54, 1.807) is 24.3 Å².